The van der Waals surface area contributed by atoms with E-state index in [9.17, 15) is 0 Å². The quantitative estimate of drug-likeness (QED) is 0.372. The number of benzene rings is 1. The first kappa shape index (κ1) is 25.8. The number of nitrogens with zero attached hydrogens (tertiary/aromatic N) is 1. The van der Waals surface area contributed by atoms with Crippen molar-refractivity contribution in [2.24, 2.45) is 11.8 Å². The average molecular weight is 543 g/mol. The molecule has 0 bridgehead atoms. The van der Waals surface area contributed by atoms with E-state index in [1.807, 2.05) is 0 Å². The standard InChI is InChI=1S/C39H46N2/c1-3-11-27(12-4-1)19-23-37(28-13-5-2-6-14-28)41-38-18-10-8-16-32(38)34-26-30(21-24-39(34)41)29-20-22-36-33(25-29)31-15-7-9-17-35(31)40-36/h2,5,7,9-11,15,18,21,23-24,26,28-29,33,35-36,40H,1,3-4,6,8,12-14,16-17,19-20,22,25H2/b37-23-. The van der Waals surface area contributed by atoms with Crippen molar-refractivity contribution < 1.29 is 0 Å². The molecular formula is C39H46N2. The third kappa shape index (κ3) is 4.77. The van der Waals surface area contributed by atoms with E-state index in [4.69, 9.17) is 0 Å². The lowest BCUT2D eigenvalue weighted by Gasteiger charge is -2.32. The lowest BCUT2D eigenvalue weighted by Crippen LogP contribution is -2.34. The minimum atomic E-state index is 0.591. The highest BCUT2D eigenvalue weighted by molar-refractivity contribution is 5.92. The van der Waals surface area contributed by atoms with Crippen LogP contribution in [-0.2, 0) is 6.42 Å². The molecule has 0 spiro atoms. The highest BCUT2D eigenvalue weighted by atomic mass is 15.0. The van der Waals surface area contributed by atoms with Gasteiger partial charge < -0.3 is 9.88 Å². The average Bonchev–Trinajstić information content (AvgIpc) is 3.57. The Hall–Kier alpha value is -2.84. The zero-order valence-corrected chi connectivity index (χ0v) is 24.7. The maximum Gasteiger partial charge on any atom is 0.0534 e. The number of aromatic nitrogens is 1. The molecular weight excluding hydrogens is 496 g/mol. The zero-order valence-electron chi connectivity index (χ0n) is 24.7. The molecule has 0 amide bonds. The molecule has 0 radical (unpaired) electrons. The van der Waals surface area contributed by atoms with Crippen molar-refractivity contribution in [1.29, 1.82) is 0 Å². The Morgan fingerprint density at radius 1 is 0.951 bits per heavy atom. The molecule has 2 heterocycles. The molecule has 2 fully saturated rings. The van der Waals surface area contributed by atoms with Gasteiger partial charge in [-0.25, -0.2) is 0 Å². The van der Waals surface area contributed by atoms with Crippen molar-refractivity contribution in [2.75, 3.05) is 0 Å². The van der Waals surface area contributed by atoms with Gasteiger partial charge in [0.2, 0.25) is 0 Å². The second kappa shape index (κ2) is 11.1. The Kier molecular flexibility index (Phi) is 7.00. The van der Waals surface area contributed by atoms with E-state index < -0.39 is 0 Å². The Morgan fingerprint density at radius 3 is 2.85 bits per heavy atom. The molecule has 212 valence electrons. The van der Waals surface area contributed by atoms with Crippen LogP contribution in [0.25, 0.3) is 22.7 Å². The summed E-state index contributed by atoms with van der Waals surface area (Å²) in [7, 11) is 0. The molecule has 1 saturated heterocycles. The van der Waals surface area contributed by atoms with Crippen molar-refractivity contribution in [1.82, 2.24) is 9.88 Å². The molecule has 5 aliphatic carbocycles. The van der Waals surface area contributed by atoms with Gasteiger partial charge in [-0.2, -0.15) is 0 Å². The third-order valence-corrected chi connectivity index (χ3v) is 11.2. The van der Waals surface area contributed by atoms with Crippen LogP contribution in [0.2, 0.25) is 0 Å². The van der Waals surface area contributed by atoms with Crippen LogP contribution >= 0.6 is 0 Å². The monoisotopic (exact) mass is 542 g/mol. The molecule has 2 aromatic rings. The topological polar surface area (TPSA) is 17.0 Å². The number of rotatable bonds is 5. The molecule has 1 N–H and O–H groups in total. The summed E-state index contributed by atoms with van der Waals surface area (Å²) >= 11 is 0. The number of hydrogen-bond donors (Lipinski definition) is 1. The SMILES string of the molecule is C1=CCC2NC3CCC(c4ccc5c(c4)c4c(n5/C(=C\CC5=CCCCC5)C5CC=CCC5)C=CCC4)CC3C2=C1. The van der Waals surface area contributed by atoms with Gasteiger partial charge in [-0.05, 0) is 137 Å². The number of nitrogens with one attached hydrogen (secondary N) is 1. The first-order valence-electron chi connectivity index (χ1n) is 16.8. The van der Waals surface area contributed by atoms with Gasteiger partial charge >= 0.3 is 0 Å². The molecule has 6 aliphatic rings. The Labute approximate surface area is 246 Å². The lowest BCUT2D eigenvalue weighted by molar-refractivity contribution is 0.314. The van der Waals surface area contributed by atoms with Gasteiger partial charge in [0, 0.05) is 34.8 Å². The fourth-order valence-electron chi connectivity index (χ4n) is 9.11. The summed E-state index contributed by atoms with van der Waals surface area (Å²) in [4.78, 5) is 0. The highest BCUT2D eigenvalue weighted by Crippen LogP contribution is 2.47. The van der Waals surface area contributed by atoms with Crippen LogP contribution in [0.3, 0.4) is 0 Å². The summed E-state index contributed by atoms with van der Waals surface area (Å²) in [6.45, 7) is 0. The maximum absolute atomic E-state index is 3.97. The van der Waals surface area contributed by atoms with Gasteiger partial charge in [0.15, 0.2) is 0 Å². The van der Waals surface area contributed by atoms with E-state index in [-0.39, 0.29) is 0 Å². The largest absolute Gasteiger partial charge is 0.313 e. The third-order valence-electron chi connectivity index (χ3n) is 11.2. The van der Waals surface area contributed by atoms with Crippen molar-refractivity contribution >= 4 is 22.7 Å². The number of hydrogen-bond acceptors (Lipinski definition) is 1. The lowest BCUT2D eigenvalue weighted by atomic mass is 9.73. The van der Waals surface area contributed by atoms with Crippen molar-refractivity contribution in [3.63, 3.8) is 0 Å². The van der Waals surface area contributed by atoms with E-state index in [2.05, 4.69) is 82.8 Å². The van der Waals surface area contributed by atoms with Crippen LogP contribution in [-0.4, -0.2) is 16.7 Å². The Balaban J connectivity index is 1.18. The van der Waals surface area contributed by atoms with Crippen molar-refractivity contribution in [3.8, 4) is 0 Å². The number of aryl methyl sites for hydroxylation is 1. The van der Waals surface area contributed by atoms with Gasteiger partial charge in [0.1, 0.15) is 0 Å². The molecule has 41 heavy (non-hydrogen) atoms. The first-order chi connectivity index (χ1) is 20.3. The maximum atomic E-state index is 3.97. The summed E-state index contributed by atoms with van der Waals surface area (Å²) in [5.41, 5.74) is 11.0. The molecule has 5 unspecified atom stereocenters. The smallest absolute Gasteiger partial charge is 0.0534 e. The minimum Gasteiger partial charge on any atom is -0.313 e. The fraction of sp³-hybridized carbons (Fsp3) is 0.487. The summed E-state index contributed by atoms with van der Waals surface area (Å²) in [6.07, 6.45) is 39.4. The molecule has 2 heteroatoms. The number of fused-ring (bicyclic) bond motifs is 6. The van der Waals surface area contributed by atoms with E-state index in [1.54, 1.807) is 28.0 Å². The predicted octanol–water partition coefficient (Wildman–Crippen LogP) is 9.80. The van der Waals surface area contributed by atoms with Crippen molar-refractivity contribution in [2.45, 2.75) is 108 Å². The van der Waals surface area contributed by atoms with E-state index >= 15 is 0 Å². The van der Waals surface area contributed by atoms with Gasteiger partial charge in [-0.1, -0.05) is 60.2 Å². The summed E-state index contributed by atoms with van der Waals surface area (Å²) in [5, 5.41) is 5.50. The normalized spacial score (nSPS) is 31.0. The van der Waals surface area contributed by atoms with E-state index in [0.717, 1.165) is 12.8 Å². The van der Waals surface area contributed by atoms with Gasteiger partial charge in [-0.3, -0.25) is 0 Å². The molecule has 1 saturated carbocycles. The van der Waals surface area contributed by atoms with Crippen LogP contribution in [0.4, 0.5) is 0 Å². The molecule has 2 nitrogen and oxygen atoms in total. The Morgan fingerprint density at radius 2 is 1.95 bits per heavy atom. The van der Waals surface area contributed by atoms with Crippen LogP contribution in [0.15, 0.2) is 78.0 Å². The van der Waals surface area contributed by atoms with Crippen LogP contribution in [0.1, 0.15) is 106 Å². The molecule has 5 atom stereocenters. The zero-order chi connectivity index (χ0) is 27.2. The van der Waals surface area contributed by atoms with E-state index in [1.165, 1.54) is 93.6 Å². The summed E-state index contributed by atoms with van der Waals surface area (Å²) < 4.78 is 2.71. The molecule has 1 aromatic heterocycles. The molecule has 1 aromatic carbocycles. The Bertz CT molecular complexity index is 1500. The first-order valence-corrected chi connectivity index (χ1v) is 16.8. The van der Waals surface area contributed by atoms with Gasteiger partial charge in [0.05, 0.1) is 5.52 Å². The van der Waals surface area contributed by atoms with Crippen LogP contribution in [0, 0.1) is 11.8 Å². The highest BCUT2D eigenvalue weighted by Gasteiger charge is 2.42. The molecule has 1 aliphatic heterocycles. The van der Waals surface area contributed by atoms with Crippen molar-refractivity contribution in [3.05, 3.63) is 94.8 Å². The van der Waals surface area contributed by atoms with E-state index in [0.29, 0.717) is 29.8 Å². The summed E-state index contributed by atoms with van der Waals surface area (Å²) in [5.74, 6) is 1.99. The second-order valence-electron chi connectivity index (χ2n) is 13.6. The predicted molar refractivity (Wildman–Crippen MR) is 174 cm³/mol. The fourth-order valence-corrected chi connectivity index (χ4v) is 9.11. The van der Waals surface area contributed by atoms with Gasteiger partial charge in [-0.15, -0.1) is 0 Å². The van der Waals surface area contributed by atoms with Crippen LogP contribution < -0.4 is 5.32 Å². The summed E-state index contributed by atoms with van der Waals surface area (Å²) in [6, 6.07) is 8.92. The molecule has 8 rings (SSSR count). The van der Waals surface area contributed by atoms with Crippen LogP contribution in [0.5, 0.6) is 0 Å². The van der Waals surface area contributed by atoms with Gasteiger partial charge in [0.25, 0.3) is 0 Å². The minimum absolute atomic E-state index is 0.591. The second-order valence-corrected chi connectivity index (χ2v) is 13.6. The number of allylic oxidation sites excluding steroid dienone is 9.